The molecule has 0 fully saturated rings. The van der Waals surface area contributed by atoms with Crippen LogP contribution in [0.15, 0.2) is 158 Å². The number of anilines is 5. The topological polar surface area (TPSA) is 222 Å². The number of benzene rings is 3. The number of hydrogen-bond acceptors (Lipinski definition) is 14. The lowest BCUT2D eigenvalue weighted by Gasteiger charge is -2.10. The summed E-state index contributed by atoms with van der Waals surface area (Å²) in [6.07, 6.45) is 3.98. The van der Waals surface area contributed by atoms with Gasteiger partial charge in [-0.1, -0.05) is 46.9 Å². The average Bonchev–Trinajstić information content (AvgIpc) is 3.92. The van der Waals surface area contributed by atoms with Gasteiger partial charge in [0.05, 0.1) is 79.0 Å². The lowest BCUT2D eigenvalue weighted by atomic mass is 10.1. The first kappa shape index (κ1) is 55.0. The van der Waals surface area contributed by atoms with Crippen molar-refractivity contribution in [3.8, 4) is 46.8 Å². The summed E-state index contributed by atoms with van der Waals surface area (Å²) in [5.74, 6) is 3.52. The molecule has 376 valence electrons. The molecule has 7 aromatic heterocycles. The molecule has 7 heterocycles. The fraction of sp³-hybridized carbons (Fsp3) is 0.107. The molecule has 0 bridgehead atoms. The Hall–Kier alpha value is -9.37. The molecule has 75 heavy (non-hydrogen) atoms. The van der Waals surface area contributed by atoms with Gasteiger partial charge < -0.3 is 35.0 Å². The van der Waals surface area contributed by atoms with E-state index >= 15 is 0 Å². The van der Waals surface area contributed by atoms with Crippen LogP contribution in [0.25, 0.3) is 22.7 Å². The third-order valence-electron chi connectivity index (χ3n) is 10.6. The summed E-state index contributed by atoms with van der Waals surface area (Å²) in [5, 5.41) is 33.8. The second-order valence-electron chi connectivity index (χ2n) is 15.7. The molecule has 0 aliphatic rings. The van der Waals surface area contributed by atoms with Crippen molar-refractivity contribution >= 4 is 74.8 Å². The van der Waals surface area contributed by atoms with Crippen LogP contribution < -0.4 is 30.6 Å². The molecule has 10 rings (SSSR count). The van der Waals surface area contributed by atoms with Gasteiger partial charge in [0.15, 0.2) is 0 Å². The molecule has 0 aliphatic heterocycles. The Kier molecular flexibility index (Phi) is 19.7. The van der Waals surface area contributed by atoms with Crippen LogP contribution in [0.5, 0.6) is 17.2 Å². The van der Waals surface area contributed by atoms with Gasteiger partial charge in [-0.3, -0.25) is 4.40 Å². The fourth-order valence-corrected chi connectivity index (χ4v) is 7.51. The fourth-order valence-electron chi connectivity index (χ4n) is 6.84. The minimum absolute atomic E-state index is 0.240. The zero-order valence-electron chi connectivity index (χ0n) is 41.4. The van der Waals surface area contributed by atoms with Crippen LogP contribution in [0, 0.1) is 54.8 Å². The maximum Gasteiger partial charge on any atom is 0.137 e. The number of ether oxygens (including phenoxy) is 3. The van der Waals surface area contributed by atoms with E-state index in [1.165, 1.54) is 23.9 Å². The first-order chi connectivity index (χ1) is 36.2. The smallest absolute Gasteiger partial charge is 0.137 e. The largest absolute Gasteiger partial charge is 0.497 e. The van der Waals surface area contributed by atoms with Crippen molar-refractivity contribution in [2.24, 2.45) is 0 Å². The van der Waals surface area contributed by atoms with E-state index in [4.69, 9.17) is 70.3 Å². The summed E-state index contributed by atoms with van der Waals surface area (Å²) in [6, 6.07) is 49.7. The van der Waals surface area contributed by atoms with Crippen molar-refractivity contribution < 1.29 is 14.2 Å². The van der Waals surface area contributed by atoms with E-state index in [-0.39, 0.29) is 15.5 Å². The Bertz CT molecular complexity index is 3620. The predicted octanol–water partition coefficient (Wildman–Crippen LogP) is 13.2. The van der Waals surface area contributed by atoms with Gasteiger partial charge in [0.2, 0.25) is 0 Å². The van der Waals surface area contributed by atoms with E-state index in [2.05, 4.69) is 48.0 Å². The molecular formula is C56H48Cl3N13O3. The summed E-state index contributed by atoms with van der Waals surface area (Å²) in [4.78, 5) is 21.4. The van der Waals surface area contributed by atoms with E-state index in [1.807, 2.05) is 140 Å². The SMILES string of the molecule is COc1ccc(N)cc1.COc1ccc(Nc2cc(C#N)cc(-c3c(C)nc4ccccn34)n2)cc1.COc1ccc(Nc2cc(C#N)cc(Cl)n2)cc1.Cc1nc2ccccn2c1C.N#Cc1cc(Cl)nc(Cl)c1. The van der Waals surface area contributed by atoms with Crippen LogP contribution in [0.2, 0.25) is 15.5 Å². The predicted molar refractivity (Wildman–Crippen MR) is 295 cm³/mol. The van der Waals surface area contributed by atoms with Gasteiger partial charge in [0.25, 0.3) is 0 Å². The highest BCUT2D eigenvalue weighted by atomic mass is 35.5. The second kappa shape index (κ2) is 26.9. The minimum atomic E-state index is 0.240. The zero-order valence-corrected chi connectivity index (χ0v) is 43.7. The average molecular weight is 1060 g/mol. The van der Waals surface area contributed by atoms with Gasteiger partial charge in [-0.05, 0) is 154 Å². The Balaban J connectivity index is 0.000000164. The Morgan fingerprint density at radius 2 is 0.893 bits per heavy atom. The number of hydrogen-bond donors (Lipinski definition) is 3. The number of imidazole rings is 2. The molecule has 0 radical (unpaired) electrons. The number of nitrogens with two attached hydrogens (primary N) is 1. The molecule has 0 aliphatic carbocycles. The number of pyridine rings is 5. The van der Waals surface area contributed by atoms with Gasteiger partial charge in [-0.15, -0.1) is 0 Å². The second-order valence-corrected chi connectivity index (χ2v) is 16.9. The van der Waals surface area contributed by atoms with Crippen LogP contribution in [0.4, 0.5) is 28.7 Å². The lowest BCUT2D eigenvalue weighted by molar-refractivity contribution is 0.415. The van der Waals surface area contributed by atoms with Crippen LogP contribution in [-0.2, 0) is 0 Å². The van der Waals surface area contributed by atoms with Crippen molar-refractivity contribution in [2.45, 2.75) is 20.8 Å². The van der Waals surface area contributed by atoms with E-state index in [9.17, 15) is 5.26 Å². The number of nitrogen functional groups attached to an aromatic ring is 1. The zero-order chi connectivity index (χ0) is 53.9. The molecule has 0 saturated heterocycles. The number of nitrogens with one attached hydrogen (secondary N) is 2. The standard InChI is InChI=1S/C21H17N5O.C13H10ClN3O.C9H10N2.C7H9NO.C6H2Cl2N2/c1-14-21(26-10-4-3-5-20(26)23-14)18-11-15(13-22)12-19(25-18)24-16-6-8-17(27-2)9-7-16;1-18-11-4-2-10(3-5-11)16-13-7-9(8-15)6-12(14)17-13;1-7-8(2)11-6-4-3-5-9(11)10-7;1-9-7-4-2-6(8)3-5-7;7-5-1-4(3-9)2-6(8)10-5/h3-12H,1-2H3,(H,24,25);2-7H,1H3,(H,16,17);3-6H,1-2H3;2-5H,8H2,1H3;1-2H. The van der Waals surface area contributed by atoms with Gasteiger partial charge in [-0.25, -0.2) is 24.9 Å². The van der Waals surface area contributed by atoms with Crippen LogP contribution >= 0.6 is 34.8 Å². The maximum atomic E-state index is 9.46. The highest BCUT2D eigenvalue weighted by molar-refractivity contribution is 6.32. The van der Waals surface area contributed by atoms with E-state index in [1.54, 1.807) is 51.7 Å². The number of rotatable bonds is 8. The summed E-state index contributed by atoms with van der Waals surface area (Å²) in [6.45, 7) is 6.05. The van der Waals surface area contributed by atoms with Crippen LogP contribution in [0.1, 0.15) is 33.8 Å². The first-order valence-electron chi connectivity index (χ1n) is 22.5. The molecule has 0 atom stereocenters. The van der Waals surface area contributed by atoms with E-state index in [0.29, 0.717) is 34.0 Å². The number of fused-ring (bicyclic) bond motifs is 2. The van der Waals surface area contributed by atoms with Crippen molar-refractivity contribution in [1.82, 2.24) is 33.7 Å². The van der Waals surface area contributed by atoms with E-state index < -0.39 is 0 Å². The van der Waals surface area contributed by atoms with Crippen molar-refractivity contribution in [3.05, 3.63) is 207 Å². The molecule has 3 aromatic carbocycles. The Morgan fingerprint density at radius 1 is 0.480 bits per heavy atom. The number of nitrogens with zero attached hydrogens (tertiary/aromatic N) is 10. The molecule has 0 saturated carbocycles. The highest BCUT2D eigenvalue weighted by Crippen LogP contribution is 2.28. The minimum Gasteiger partial charge on any atom is -0.497 e. The first-order valence-corrected chi connectivity index (χ1v) is 23.6. The molecule has 0 spiro atoms. The molecule has 19 heteroatoms. The third-order valence-corrected chi connectivity index (χ3v) is 11.1. The highest BCUT2D eigenvalue weighted by Gasteiger charge is 2.14. The number of nitriles is 3. The van der Waals surface area contributed by atoms with Gasteiger partial charge in [-0.2, -0.15) is 15.8 Å². The molecule has 0 unspecified atom stereocenters. The summed E-state index contributed by atoms with van der Waals surface area (Å²) in [5.41, 5.74) is 15.9. The lowest BCUT2D eigenvalue weighted by Crippen LogP contribution is -1.99. The Labute approximate surface area is 448 Å². The Morgan fingerprint density at radius 3 is 1.37 bits per heavy atom. The van der Waals surface area contributed by atoms with Crippen molar-refractivity contribution in [3.63, 3.8) is 0 Å². The number of halogens is 3. The van der Waals surface area contributed by atoms with Gasteiger partial charge >= 0.3 is 0 Å². The maximum absolute atomic E-state index is 9.46. The number of methoxy groups -OCH3 is 3. The van der Waals surface area contributed by atoms with Crippen LogP contribution in [-0.4, -0.2) is 55.1 Å². The normalized spacial score (nSPS) is 9.95. The molecule has 16 nitrogen and oxygen atoms in total. The van der Waals surface area contributed by atoms with Crippen molar-refractivity contribution in [1.29, 1.82) is 15.8 Å². The number of aryl methyl sites for hydroxylation is 3. The monoisotopic (exact) mass is 1060 g/mol. The summed E-state index contributed by atoms with van der Waals surface area (Å²) < 4.78 is 19.2. The number of aromatic nitrogens is 7. The third kappa shape index (κ3) is 15.8. The molecule has 10 aromatic rings. The molecule has 0 amide bonds. The molecule has 4 N–H and O–H groups in total. The van der Waals surface area contributed by atoms with Crippen molar-refractivity contribution in [2.75, 3.05) is 37.7 Å². The van der Waals surface area contributed by atoms with E-state index in [0.717, 1.165) is 62.7 Å². The quantitative estimate of drug-likeness (QED) is 0.0951. The molecular weight excluding hydrogens is 1010 g/mol. The summed E-state index contributed by atoms with van der Waals surface area (Å²) in [7, 11) is 4.87. The van der Waals surface area contributed by atoms with Gasteiger partial charge in [0, 0.05) is 35.1 Å². The summed E-state index contributed by atoms with van der Waals surface area (Å²) >= 11 is 16.8. The van der Waals surface area contributed by atoms with Crippen LogP contribution in [0.3, 0.4) is 0 Å². The van der Waals surface area contributed by atoms with Gasteiger partial charge in [0.1, 0.15) is 55.6 Å².